The number of para-hydroxylation sites is 1. The summed E-state index contributed by atoms with van der Waals surface area (Å²) < 4.78 is 10.8. The van der Waals surface area contributed by atoms with Crippen LogP contribution in [-0.2, 0) is 14.3 Å². The standard InChI is InChI=1S/C18H21N3O4/c1-24-7-6-21-15-9-20(10-16(15)25-11-17(21)22)18(23)14-8-12-4-2-3-5-13(12)19-14/h2-5,8,15-16,19H,6-7,9-11H2,1H3/t15-,16-/m0/s1. The third kappa shape index (κ3) is 2.89. The number of aromatic nitrogens is 1. The summed E-state index contributed by atoms with van der Waals surface area (Å²) >= 11 is 0. The van der Waals surface area contributed by atoms with Crippen LogP contribution in [0.3, 0.4) is 0 Å². The Kier molecular flexibility index (Phi) is 4.19. The quantitative estimate of drug-likeness (QED) is 0.894. The zero-order valence-electron chi connectivity index (χ0n) is 14.1. The molecular formula is C18H21N3O4. The minimum absolute atomic E-state index is 0.0433. The molecule has 0 unspecified atom stereocenters. The zero-order chi connectivity index (χ0) is 17.4. The summed E-state index contributed by atoms with van der Waals surface area (Å²) in [6.07, 6.45) is -0.136. The Hall–Kier alpha value is -2.38. The van der Waals surface area contributed by atoms with Crippen molar-refractivity contribution in [2.45, 2.75) is 12.1 Å². The van der Waals surface area contributed by atoms with E-state index in [0.29, 0.717) is 31.9 Å². The molecule has 1 N–H and O–H groups in total. The SMILES string of the molecule is COCCN1C(=O)CO[C@H]2CN(C(=O)c3cc4ccccc4[nH]3)C[C@@H]21. The average molecular weight is 343 g/mol. The molecule has 2 aromatic rings. The van der Waals surface area contributed by atoms with Gasteiger partial charge in [0, 0.05) is 37.6 Å². The molecule has 2 saturated heterocycles. The molecule has 2 aliphatic heterocycles. The molecule has 2 aliphatic rings. The number of rotatable bonds is 4. The van der Waals surface area contributed by atoms with Crippen LogP contribution in [0, 0.1) is 0 Å². The largest absolute Gasteiger partial charge is 0.383 e. The number of fused-ring (bicyclic) bond motifs is 2. The summed E-state index contributed by atoms with van der Waals surface area (Å²) in [6.45, 7) is 2.04. The molecule has 0 aliphatic carbocycles. The molecule has 0 spiro atoms. The van der Waals surface area contributed by atoms with Crippen LogP contribution in [-0.4, -0.2) is 78.7 Å². The Morgan fingerprint density at radius 3 is 3.00 bits per heavy atom. The van der Waals surface area contributed by atoms with Crippen molar-refractivity contribution >= 4 is 22.7 Å². The lowest BCUT2D eigenvalue weighted by Crippen LogP contribution is -2.54. The number of carbonyl (C=O) groups excluding carboxylic acids is 2. The van der Waals surface area contributed by atoms with Gasteiger partial charge in [-0.2, -0.15) is 0 Å². The van der Waals surface area contributed by atoms with Crippen molar-refractivity contribution in [1.82, 2.24) is 14.8 Å². The van der Waals surface area contributed by atoms with E-state index in [1.54, 1.807) is 16.9 Å². The zero-order valence-corrected chi connectivity index (χ0v) is 14.1. The first-order chi connectivity index (χ1) is 12.2. The normalized spacial score (nSPS) is 23.3. The number of nitrogens with one attached hydrogen (secondary N) is 1. The van der Waals surface area contributed by atoms with E-state index in [0.717, 1.165) is 10.9 Å². The molecule has 4 rings (SSSR count). The molecule has 132 valence electrons. The van der Waals surface area contributed by atoms with E-state index < -0.39 is 0 Å². The lowest BCUT2D eigenvalue weighted by molar-refractivity contribution is -0.153. The molecule has 2 fully saturated rings. The summed E-state index contributed by atoms with van der Waals surface area (Å²) in [5.41, 5.74) is 1.50. The number of morpholine rings is 1. The van der Waals surface area contributed by atoms with Crippen LogP contribution in [0.25, 0.3) is 10.9 Å². The van der Waals surface area contributed by atoms with Gasteiger partial charge in [0.1, 0.15) is 12.3 Å². The summed E-state index contributed by atoms with van der Waals surface area (Å²) in [5, 5.41) is 1.01. The molecule has 3 heterocycles. The highest BCUT2D eigenvalue weighted by molar-refractivity contribution is 5.98. The lowest BCUT2D eigenvalue weighted by Gasteiger charge is -2.36. The number of carbonyl (C=O) groups is 2. The number of H-pyrrole nitrogens is 1. The van der Waals surface area contributed by atoms with Gasteiger partial charge in [0.2, 0.25) is 5.91 Å². The highest BCUT2D eigenvalue weighted by Gasteiger charge is 2.44. The van der Waals surface area contributed by atoms with Crippen LogP contribution >= 0.6 is 0 Å². The molecule has 0 bridgehead atoms. The summed E-state index contributed by atoms with van der Waals surface area (Å²) in [4.78, 5) is 31.7. The Bertz CT molecular complexity index is 769. The first-order valence-corrected chi connectivity index (χ1v) is 8.44. The molecule has 0 saturated carbocycles. The summed E-state index contributed by atoms with van der Waals surface area (Å²) in [7, 11) is 1.61. The third-order valence-corrected chi connectivity index (χ3v) is 4.96. The Morgan fingerprint density at radius 1 is 1.36 bits per heavy atom. The van der Waals surface area contributed by atoms with Crippen molar-refractivity contribution in [3.63, 3.8) is 0 Å². The number of likely N-dealkylation sites (tertiary alicyclic amines) is 1. The van der Waals surface area contributed by atoms with Crippen molar-refractivity contribution < 1.29 is 19.1 Å². The number of nitrogens with zero attached hydrogens (tertiary/aromatic N) is 2. The smallest absolute Gasteiger partial charge is 0.270 e. The number of benzene rings is 1. The van der Waals surface area contributed by atoms with Crippen molar-refractivity contribution in [3.8, 4) is 0 Å². The topological polar surface area (TPSA) is 74.9 Å². The molecule has 0 radical (unpaired) electrons. The highest BCUT2D eigenvalue weighted by Crippen LogP contribution is 2.25. The lowest BCUT2D eigenvalue weighted by atomic mass is 10.1. The number of hydrogen-bond donors (Lipinski definition) is 1. The summed E-state index contributed by atoms with van der Waals surface area (Å²) in [6, 6.07) is 9.57. The summed E-state index contributed by atoms with van der Waals surface area (Å²) in [5.74, 6) is -0.105. The van der Waals surface area contributed by atoms with Gasteiger partial charge >= 0.3 is 0 Å². The van der Waals surface area contributed by atoms with Crippen LogP contribution in [0.15, 0.2) is 30.3 Å². The van der Waals surface area contributed by atoms with Gasteiger partial charge in [0.15, 0.2) is 0 Å². The monoisotopic (exact) mass is 343 g/mol. The van der Waals surface area contributed by atoms with Gasteiger partial charge in [-0.25, -0.2) is 0 Å². The average Bonchev–Trinajstić information content (AvgIpc) is 3.24. The van der Waals surface area contributed by atoms with Gasteiger partial charge in [-0.15, -0.1) is 0 Å². The van der Waals surface area contributed by atoms with Crippen molar-refractivity contribution in [1.29, 1.82) is 0 Å². The number of amides is 2. The molecule has 1 aromatic carbocycles. The first-order valence-electron chi connectivity index (χ1n) is 8.44. The number of aromatic amines is 1. The van der Waals surface area contributed by atoms with Gasteiger partial charge in [-0.05, 0) is 12.1 Å². The van der Waals surface area contributed by atoms with Gasteiger partial charge in [0.25, 0.3) is 5.91 Å². The molecular weight excluding hydrogens is 322 g/mol. The second kappa shape index (κ2) is 6.50. The maximum Gasteiger partial charge on any atom is 0.270 e. The Balaban J connectivity index is 1.52. The van der Waals surface area contributed by atoms with E-state index in [2.05, 4.69) is 4.98 Å². The molecule has 7 nitrogen and oxygen atoms in total. The Labute approximate surface area is 145 Å². The highest BCUT2D eigenvalue weighted by atomic mass is 16.5. The molecule has 25 heavy (non-hydrogen) atoms. The fourth-order valence-electron chi connectivity index (χ4n) is 3.67. The van der Waals surface area contributed by atoms with Crippen molar-refractivity contribution in [2.24, 2.45) is 0 Å². The van der Waals surface area contributed by atoms with Crippen LogP contribution in [0.2, 0.25) is 0 Å². The second-order valence-electron chi connectivity index (χ2n) is 6.48. The van der Waals surface area contributed by atoms with Crippen LogP contribution in [0.5, 0.6) is 0 Å². The van der Waals surface area contributed by atoms with E-state index in [9.17, 15) is 9.59 Å². The van der Waals surface area contributed by atoms with E-state index in [1.807, 2.05) is 30.3 Å². The maximum atomic E-state index is 12.9. The van der Waals surface area contributed by atoms with E-state index in [1.165, 1.54) is 0 Å². The molecule has 1 aromatic heterocycles. The predicted octanol–water partition coefficient (Wildman–Crippen LogP) is 0.866. The van der Waals surface area contributed by atoms with Crippen LogP contribution in [0.1, 0.15) is 10.5 Å². The number of methoxy groups -OCH3 is 1. The van der Waals surface area contributed by atoms with Crippen molar-refractivity contribution in [3.05, 3.63) is 36.0 Å². The van der Waals surface area contributed by atoms with Gasteiger partial charge in [0.05, 0.1) is 18.8 Å². The predicted molar refractivity (Wildman–Crippen MR) is 91.3 cm³/mol. The maximum absolute atomic E-state index is 12.9. The first kappa shape index (κ1) is 16.1. The fourth-order valence-corrected chi connectivity index (χ4v) is 3.67. The van der Waals surface area contributed by atoms with Gasteiger partial charge < -0.3 is 24.3 Å². The minimum Gasteiger partial charge on any atom is -0.383 e. The second-order valence-corrected chi connectivity index (χ2v) is 6.48. The molecule has 2 amide bonds. The van der Waals surface area contributed by atoms with Crippen LogP contribution < -0.4 is 0 Å². The molecule has 2 atom stereocenters. The number of ether oxygens (including phenoxy) is 2. The van der Waals surface area contributed by atoms with Gasteiger partial charge in [-0.1, -0.05) is 18.2 Å². The van der Waals surface area contributed by atoms with E-state index in [4.69, 9.17) is 9.47 Å². The van der Waals surface area contributed by atoms with E-state index >= 15 is 0 Å². The van der Waals surface area contributed by atoms with Crippen LogP contribution in [0.4, 0.5) is 0 Å². The van der Waals surface area contributed by atoms with Crippen molar-refractivity contribution in [2.75, 3.05) is 40.0 Å². The third-order valence-electron chi connectivity index (χ3n) is 4.96. The fraction of sp³-hybridized carbons (Fsp3) is 0.444. The minimum atomic E-state index is -0.136. The van der Waals surface area contributed by atoms with Gasteiger partial charge in [-0.3, -0.25) is 9.59 Å². The molecule has 7 heteroatoms. The van der Waals surface area contributed by atoms with E-state index in [-0.39, 0.29) is 30.6 Å². The Morgan fingerprint density at radius 2 is 2.20 bits per heavy atom. The number of hydrogen-bond acceptors (Lipinski definition) is 4.